The summed E-state index contributed by atoms with van der Waals surface area (Å²) in [5.74, 6) is 1.08. The van der Waals surface area contributed by atoms with Crippen molar-refractivity contribution in [2.75, 3.05) is 40.9 Å². The summed E-state index contributed by atoms with van der Waals surface area (Å²) < 4.78 is 26.0. The van der Waals surface area contributed by atoms with Crippen molar-refractivity contribution in [1.29, 1.82) is 0 Å². The Morgan fingerprint density at radius 1 is 1.26 bits per heavy atom. The largest absolute Gasteiger partial charge is 0.493 e. The number of rotatable bonds is 7. The highest BCUT2D eigenvalue weighted by Crippen LogP contribution is 2.40. The molecule has 0 aromatic heterocycles. The van der Waals surface area contributed by atoms with Crippen LogP contribution in [0.4, 0.5) is 4.39 Å². The highest BCUT2D eigenvalue weighted by Gasteiger charge is 2.27. The van der Waals surface area contributed by atoms with Gasteiger partial charge in [-0.05, 0) is 62.3 Å². The third-order valence-corrected chi connectivity index (χ3v) is 5.10. The van der Waals surface area contributed by atoms with Gasteiger partial charge in [0.05, 0.1) is 19.8 Å². The van der Waals surface area contributed by atoms with Crippen molar-refractivity contribution < 1.29 is 13.9 Å². The lowest BCUT2D eigenvalue weighted by Crippen LogP contribution is -2.31. The standard InChI is InChI=1S/C21H26ClFN2O2/c1-25(2)10-5-11-27-19-13-15-14(12-18(19)26-3)8-9-24-21(15)20-16(22)6-4-7-17(20)23/h4,6-7,12-13,21,24H,5,8-11H2,1-3H3. The van der Waals surface area contributed by atoms with Crippen LogP contribution in [0.1, 0.15) is 29.2 Å². The molecule has 1 heterocycles. The van der Waals surface area contributed by atoms with E-state index in [4.69, 9.17) is 21.1 Å². The second kappa shape index (κ2) is 8.91. The maximum atomic E-state index is 14.5. The number of hydrogen-bond acceptors (Lipinski definition) is 4. The molecular formula is C21H26ClFN2O2. The summed E-state index contributed by atoms with van der Waals surface area (Å²) >= 11 is 6.32. The maximum Gasteiger partial charge on any atom is 0.161 e. The van der Waals surface area contributed by atoms with Gasteiger partial charge in [-0.1, -0.05) is 17.7 Å². The van der Waals surface area contributed by atoms with E-state index in [1.807, 2.05) is 26.2 Å². The summed E-state index contributed by atoms with van der Waals surface area (Å²) in [5.41, 5.74) is 2.58. The molecular weight excluding hydrogens is 367 g/mol. The molecule has 6 heteroatoms. The second-order valence-electron chi connectivity index (χ2n) is 6.98. The lowest BCUT2D eigenvalue weighted by Gasteiger charge is -2.29. The summed E-state index contributed by atoms with van der Waals surface area (Å²) in [7, 11) is 5.71. The van der Waals surface area contributed by atoms with E-state index in [0.29, 0.717) is 28.7 Å². The average molecular weight is 393 g/mol. The monoisotopic (exact) mass is 392 g/mol. The highest BCUT2D eigenvalue weighted by atomic mass is 35.5. The third-order valence-electron chi connectivity index (χ3n) is 4.77. The van der Waals surface area contributed by atoms with E-state index in [9.17, 15) is 4.39 Å². The van der Waals surface area contributed by atoms with Gasteiger partial charge in [-0.25, -0.2) is 4.39 Å². The molecule has 1 aliphatic heterocycles. The van der Waals surface area contributed by atoms with Crippen LogP contribution >= 0.6 is 11.6 Å². The Morgan fingerprint density at radius 2 is 2.07 bits per heavy atom. The smallest absolute Gasteiger partial charge is 0.161 e. The maximum absolute atomic E-state index is 14.5. The first-order chi connectivity index (χ1) is 13.0. The number of nitrogens with zero attached hydrogens (tertiary/aromatic N) is 1. The van der Waals surface area contributed by atoms with Crippen LogP contribution in [0.15, 0.2) is 30.3 Å². The zero-order chi connectivity index (χ0) is 19.4. The van der Waals surface area contributed by atoms with Gasteiger partial charge in [0, 0.05) is 23.7 Å². The first-order valence-electron chi connectivity index (χ1n) is 9.17. The van der Waals surface area contributed by atoms with Gasteiger partial charge in [0.15, 0.2) is 11.5 Å². The molecule has 0 spiro atoms. The fourth-order valence-electron chi connectivity index (χ4n) is 3.44. The molecule has 2 aromatic rings. The number of fused-ring (bicyclic) bond motifs is 1. The van der Waals surface area contributed by atoms with Crippen molar-refractivity contribution in [3.05, 3.63) is 57.9 Å². The summed E-state index contributed by atoms with van der Waals surface area (Å²) in [6, 6.07) is 8.44. The normalized spacial score (nSPS) is 16.3. The van der Waals surface area contributed by atoms with Crippen LogP contribution in [-0.2, 0) is 6.42 Å². The Labute approximate surface area is 165 Å². The van der Waals surface area contributed by atoms with E-state index in [-0.39, 0.29) is 11.9 Å². The molecule has 1 N–H and O–H groups in total. The highest BCUT2D eigenvalue weighted by molar-refractivity contribution is 6.31. The van der Waals surface area contributed by atoms with E-state index in [1.54, 1.807) is 19.2 Å². The molecule has 2 aromatic carbocycles. The molecule has 0 amide bonds. The van der Waals surface area contributed by atoms with E-state index in [0.717, 1.165) is 37.1 Å². The Kier molecular flexibility index (Phi) is 6.58. The number of nitrogens with one attached hydrogen (secondary N) is 1. The van der Waals surface area contributed by atoms with Gasteiger partial charge >= 0.3 is 0 Å². The molecule has 0 fully saturated rings. The van der Waals surface area contributed by atoms with E-state index < -0.39 is 0 Å². The average Bonchev–Trinajstić information content (AvgIpc) is 2.64. The Hall–Kier alpha value is -1.82. The molecule has 0 saturated heterocycles. The summed E-state index contributed by atoms with van der Waals surface area (Å²) in [4.78, 5) is 2.12. The van der Waals surface area contributed by atoms with Crippen molar-refractivity contribution in [2.24, 2.45) is 0 Å². The van der Waals surface area contributed by atoms with Gasteiger partial charge in [-0.15, -0.1) is 0 Å². The van der Waals surface area contributed by atoms with E-state index in [2.05, 4.69) is 10.2 Å². The van der Waals surface area contributed by atoms with Crippen LogP contribution in [0.25, 0.3) is 0 Å². The minimum atomic E-state index is -0.308. The predicted octanol–water partition coefficient (Wildman–Crippen LogP) is 4.05. The molecule has 1 atom stereocenters. The zero-order valence-corrected chi connectivity index (χ0v) is 16.8. The van der Waals surface area contributed by atoms with Gasteiger partial charge in [0.25, 0.3) is 0 Å². The zero-order valence-electron chi connectivity index (χ0n) is 16.0. The number of ether oxygens (including phenoxy) is 2. The molecule has 1 unspecified atom stereocenters. The fourth-order valence-corrected chi connectivity index (χ4v) is 3.72. The molecule has 3 rings (SSSR count). The van der Waals surface area contributed by atoms with Gasteiger partial charge < -0.3 is 19.7 Å². The van der Waals surface area contributed by atoms with E-state index in [1.165, 1.54) is 6.07 Å². The quantitative estimate of drug-likeness (QED) is 0.721. The number of benzene rings is 2. The first-order valence-corrected chi connectivity index (χ1v) is 9.54. The van der Waals surface area contributed by atoms with Crippen molar-refractivity contribution in [3.8, 4) is 11.5 Å². The minimum absolute atomic E-state index is 0.308. The van der Waals surface area contributed by atoms with Crippen molar-refractivity contribution >= 4 is 11.6 Å². The SMILES string of the molecule is COc1cc2c(cc1OCCCN(C)C)C(c1c(F)cccc1Cl)NCC2. The lowest BCUT2D eigenvalue weighted by molar-refractivity contribution is 0.267. The molecule has 1 aliphatic rings. The number of halogens is 2. The van der Waals surface area contributed by atoms with Crippen molar-refractivity contribution in [3.63, 3.8) is 0 Å². The Balaban J connectivity index is 1.93. The summed E-state index contributed by atoms with van der Waals surface area (Å²) in [6.45, 7) is 2.28. The van der Waals surface area contributed by atoms with Gasteiger partial charge in [0.2, 0.25) is 0 Å². The fraction of sp³-hybridized carbons (Fsp3) is 0.429. The predicted molar refractivity (Wildman–Crippen MR) is 107 cm³/mol. The third kappa shape index (κ3) is 4.54. The lowest BCUT2D eigenvalue weighted by atomic mass is 9.89. The molecule has 0 aliphatic carbocycles. The van der Waals surface area contributed by atoms with Crippen molar-refractivity contribution in [2.45, 2.75) is 18.9 Å². The molecule has 0 bridgehead atoms. The number of hydrogen-bond donors (Lipinski definition) is 1. The Bertz CT molecular complexity index is 778. The van der Waals surface area contributed by atoms with Gasteiger partial charge in [-0.3, -0.25) is 0 Å². The van der Waals surface area contributed by atoms with E-state index >= 15 is 0 Å². The van der Waals surface area contributed by atoms with Crippen LogP contribution in [0.5, 0.6) is 11.5 Å². The number of methoxy groups -OCH3 is 1. The first kappa shape index (κ1) is 19.9. The topological polar surface area (TPSA) is 33.7 Å². The van der Waals surface area contributed by atoms with Crippen LogP contribution in [0.2, 0.25) is 5.02 Å². The summed E-state index contributed by atoms with van der Waals surface area (Å²) in [5, 5.41) is 3.81. The van der Waals surface area contributed by atoms with Gasteiger partial charge in [-0.2, -0.15) is 0 Å². The van der Waals surface area contributed by atoms with Crippen molar-refractivity contribution in [1.82, 2.24) is 10.2 Å². The second-order valence-corrected chi connectivity index (χ2v) is 7.39. The van der Waals surface area contributed by atoms with Crippen LogP contribution in [-0.4, -0.2) is 45.8 Å². The van der Waals surface area contributed by atoms with Crippen LogP contribution in [0, 0.1) is 5.82 Å². The minimum Gasteiger partial charge on any atom is -0.493 e. The summed E-state index contributed by atoms with van der Waals surface area (Å²) in [6.07, 6.45) is 1.75. The van der Waals surface area contributed by atoms with Crippen LogP contribution in [0.3, 0.4) is 0 Å². The van der Waals surface area contributed by atoms with Gasteiger partial charge in [0.1, 0.15) is 5.82 Å². The molecule has 146 valence electrons. The molecule has 0 saturated carbocycles. The Morgan fingerprint density at radius 3 is 2.78 bits per heavy atom. The van der Waals surface area contributed by atoms with Crippen LogP contribution < -0.4 is 14.8 Å². The molecule has 0 radical (unpaired) electrons. The molecule has 4 nitrogen and oxygen atoms in total. The molecule has 27 heavy (non-hydrogen) atoms.